The SMILES string of the molecule is CCS(=O)(=O)[C@H]1[C@@H](c2ccccc2)[C@@]1(N)C(=O)O. The van der Waals surface area contributed by atoms with Gasteiger partial charge in [-0.3, -0.25) is 4.79 Å². The first kappa shape index (κ1) is 13.0. The third-order valence-electron chi connectivity index (χ3n) is 3.50. The average molecular weight is 269 g/mol. The summed E-state index contributed by atoms with van der Waals surface area (Å²) in [6.45, 7) is 1.50. The highest BCUT2D eigenvalue weighted by Gasteiger charge is 2.73. The summed E-state index contributed by atoms with van der Waals surface area (Å²) in [5.41, 5.74) is 4.75. The Kier molecular flexibility index (Phi) is 2.95. The summed E-state index contributed by atoms with van der Waals surface area (Å²) in [4.78, 5) is 11.3. The largest absolute Gasteiger partial charge is 0.480 e. The van der Waals surface area contributed by atoms with Crippen LogP contribution in [0, 0.1) is 0 Å². The second kappa shape index (κ2) is 4.07. The van der Waals surface area contributed by atoms with Crippen molar-refractivity contribution < 1.29 is 18.3 Å². The number of carbonyl (C=O) groups is 1. The molecule has 1 saturated carbocycles. The van der Waals surface area contributed by atoms with Crippen molar-refractivity contribution in [3.63, 3.8) is 0 Å². The third-order valence-corrected chi connectivity index (χ3v) is 5.74. The molecule has 0 radical (unpaired) electrons. The van der Waals surface area contributed by atoms with Gasteiger partial charge < -0.3 is 10.8 Å². The van der Waals surface area contributed by atoms with Crippen LogP contribution in [0.2, 0.25) is 0 Å². The molecule has 2 rings (SSSR count). The zero-order valence-corrected chi connectivity index (χ0v) is 10.7. The number of carboxylic acid groups (broad SMARTS) is 1. The van der Waals surface area contributed by atoms with Gasteiger partial charge in [-0.05, 0) is 5.56 Å². The van der Waals surface area contributed by atoms with Crippen LogP contribution < -0.4 is 5.73 Å². The normalized spacial score (nSPS) is 31.0. The monoisotopic (exact) mass is 269 g/mol. The van der Waals surface area contributed by atoms with Crippen LogP contribution in [0.1, 0.15) is 18.4 Å². The van der Waals surface area contributed by atoms with Crippen LogP contribution in [-0.2, 0) is 14.6 Å². The smallest absolute Gasteiger partial charge is 0.325 e. The van der Waals surface area contributed by atoms with Crippen molar-refractivity contribution in [3.8, 4) is 0 Å². The van der Waals surface area contributed by atoms with E-state index in [1.807, 2.05) is 0 Å². The molecule has 3 atom stereocenters. The van der Waals surface area contributed by atoms with E-state index in [1.165, 1.54) is 6.92 Å². The van der Waals surface area contributed by atoms with Crippen molar-refractivity contribution in [2.75, 3.05) is 5.75 Å². The number of carboxylic acids is 1. The van der Waals surface area contributed by atoms with Crippen LogP contribution in [-0.4, -0.2) is 36.0 Å². The lowest BCUT2D eigenvalue weighted by Crippen LogP contribution is -2.40. The van der Waals surface area contributed by atoms with Gasteiger partial charge in [0.05, 0.1) is 5.25 Å². The fourth-order valence-corrected chi connectivity index (χ4v) is 4.34. The lowest BCUT2D eigenvalue weighted by molar-refractivity contribution is -0.139. The van der Waals surface area contributed by atoms with E-state index in [0.29, 0.717) is 5.56 Å². The summed E-state index contributed by atoms with van der Waals surface area (Å²) in [6.07, 6.45) is 0. The molecule has 0 bridgehead atoms. The molecule has 98 valence electrons. The van der Waals surface area contributed by atoms with Crippen LogP contribution >= 0.6 is 0 Å². The summed E-state index contributed by atoms with van der Waals surface area (Å²) in [7, 11) is -3.48. The third kappa shape index (κ3) is 1.72. The average Bonchev–Trinajstić information content (AvgIpc) is 3.00. The summed E-state index contributed by atoms with van der Waals surface area (Å²) in [5, 5.41) is 8.15. The van der Waals surface area contributed by atoms with Gasteiger partial charge in [-0.25, -0.2) is 8.42 Å². The Bertz CT molecular complexity index is 569. The van der Waals surface area contributed by atoms with E-state index >= 15 is 0 Å². The molecule has 1 aromatic rings. The maximum absolute atomic E-state index is 11.9. The highest BCUT2D eigenvalue weighted by atomic mass is 32.2. The maximum Gasteiger partial charge on any atom is 0.325 e. The van der Waals surface area contributed by atoms with E-state index in [0.717, 1.165) is 0 Å². The van der Waals surface area contributed by atoms with Gasteiger partial charge in [-0.1, -0.05) is 37.3 Å². The predicted octanol–water partition coefficient (Wildman–Crippen LogP) is 0.369. The molecule has 0 spiro atoms. The molecule has 0 aromatic heterocycles. The summed E-state index contributed by atoms with van der Waals surface area (Å²) < 4.78 is 23.8. The van der Waals surface area contributed by atoms with Gasteiger partial charge in [-0.15, -0.1) is 0 Å². The molecule has 0 saturated heterocycles. The van der Waals surface area contributed by atoms with Crippen molar-refractivity contribution in [1.29, 1.82) is 0 Å². The fourth-order valence-electron chi connectivity index (χ4n) is 2.42. The first-order valence-electron chi connectivity index (χ1n) is 5.64. The molecule has 1 aromatic carbocycles. The van der Waals surface area contributed by atoms with Gasteiger partial charge in [0.25, 0.3) is 0 Å². The van der Waals surface area contributed by atoms with Crippen molar-refractivity contribution in [2.24, 2.45) is 5.73 Å². The van der Waals surface area contributed by atoms with Crippen LogP contribution in [0.3, 0.4) is 0 Å². The summed E-state index contributed by atoms with van der Waals surface area (Å²) in [5.74, 6) is -2.03. The van der Waals surface area contributed by atoms with E-state index in [-0.39, 0.29) is 5.75 Å². The number of hydrogen-bond acceptors (Lipinski definition) is 4. The van der Waals surface area contributed by atoms with Crippen LogP contribution in [0.5, 0.6) is 0 Å². The minimum absolute atomic E-state index is 0.104. The van der Waals surface area contributed by atoms with Crippen LogP contribution in [0.25, 0.3) is 0 Å². The molecule has 5 nitrogen and oxygen atoms in total. The zero-order chi connectivity index (χ0) is 13.6. The first-order chi connectivity index (χ1) is 8.35. The maximum atomic E-state index is 11.9. The van der Waals surface area contributed by atoms with Gasteiger partial charge in [0.1, 0.15) is 5.54 Å². The highest BCUT2D eigenvalue weighted by Crippen LogP contribution is 2.54. The van der Waals surface area contributed by atoms with E-state index in [2.05, 4.69) is 0 Å². The molecular formula is C12H15NO4S. The van der Waals surface area contributed by atoms with Crippen molar-refractivity contribution in [2.45, 2.75) is 23.6 Å². The minimum Gasteiger partial charge on any atom is -0.480 e. The number of benzene rings is 1. The van der Waals surface area contributed by atoms with Crippen molar-refractivity contribution >= 4 is 15.8 Å². The molecule has 0 amide bonds. The van der Waals surface area contributed by atoms with E-state index < -0.39 is 32.5 Å². The molecule has 0 aliphatic heterocycles. The molecule has 0 unspecified atom stereocenters. The molecular weight excluding hydrogens is 254 g/mol. The topological polar surface area (TPSA) is 97.5 Å². The standard InChI is InChI=1S/C12H15NO4S/c1-2-18(16,17)10-9(12(10,13)11(14)15)8-6-4-3-5-7-8/h3-7,9-10H,2,13H2,1H3,(H,14,15)/t9-,10+,12+/m1/s1. The Balaban J connectivity index is 2.46. The van der Waals surface area contributed by atoms with E-state index in [1.54, 1.807) is 30.3 Å². The molecule has 1 aliphatic carbocycles. The Morgan fingerprint density at radius 2 is 1.94 bits per heavy atom. The van der Waals surface area contributed by atoms with Gasteiger partial charge in [0.2, 0.25) is 0 Å². The number of hydrogen-bond donors (Lipinski definition) is 2. The van der Waals surface area contributed by atoms with Gasteiger partial charge >= 0.3 is 5.97 Å². The molecule has 3 N–H and O–H groups in total. The number of rotatable bonds is 4. The van der Waals surface area contributed by atoms with Crippen LogP contribution in [0.15, 0.2) is 30.3 Å². The van der Waals surface area contributed by atoms with Crippen molar-refractivity contribution in [1.82, 2.24) is 0 Å². The number of aliphatic carboxylic acids is 1. The Labute approximate surface area is 106 Å². The predicted molar refractivity (Wildman–Crippen MR) is 67.0 cm³/mol. The first-order valence-corrected chi connectivity index (χ1v) is 7.36. The zero-order valence-electron chi connectivity index (χ0n) is 9.91. The lowest BCUT2D eigenvalue weighted by atomic mass is 10.1. The molecule has 1 aliphatic rings. The second-order valence-corrected chi connectivity index (χ2v) is 6.91. The van der Waals surface area contributed by atoms with Crippen molar-refractivity contribution in [3.05, 3.63) is 35.9 Å². The molecule has 0 heterocycles. The summed E-state index contributed by atoms with van der Waals surface area (Å²) in [6, 6.07) is 8.69. The Morgan fingerprint density at radius 3 is 2.39 bits per heavy atom. The highest BCUT2D eigenvalue weighted by molar-refractivity contribution is 7.92. The lowest BCUT2D eigenvalue weighted by Gasteiger charge is -2.04. The Hall–Kier alpha value is -1.40. The quantitative estimate of drug-likeness (QED) is 0.823. The van der Waals surface area contributed by atoms with E-state index in [9.17, 15) is 18.3 Å². The molecule has 18 heavy (non-hydrogen) atoms. The number of sulfone groups is 1. The fraction of sp³-hybridized carbons (Fsp3) is 0.417. The van der Waals surface area contributed by atoms with Gasteiger partial charge in [0, 0.05) is 11.7 Å². The van der Waals surface area contributed by atoms with E-state index in [4.69, 9.17) is 5.73 Å². The molecule has 6 heteroatoms. The second-order valence-electron chi connectivity index (χ2n) is 4.50. The van der Waals surface area contributed by atoms with Gasteiger partial charge in [0.15, 0.2) is 9.84 Å². The van der Waals surface area contributed by atoms with Gasteiger partial charge in [-0.2, -0.15) is 0 Å². The Morgan fingerprint density at radius 1 is 1.39 bits per heavy atom. The van der Waals surface area contributed by atoms with Crippen LogP contribution in [0.4, 0.5) is 0 Å². The molecule has 1 fully saturated rings. The minimum atomic E-state index is -3.48. The summed E-state index contributed by atoms with van der Waals surface area (Å²) >= 11 is 0. The number of nitrogens with two attached hydrogens (primary N) is 1.